The highest BCUT2D eigenvalue weighted by atomic mass is 16.5. The topological polar surface area (TPSA) is 73.0 Å². The van der Waals surface area contributed by atoms with E-state index in [-0.39, 0.29) is 12.7 Å². The highest BCUT2D eigenvalue weighted by Gasteiger charge is 2.21. The van der Waals surface area contributed by atoms with Crippen molar-refractivity contribution in [3.05, 3.63) is 36.2 Å². The maximum Gasteiger partial charge on any atom is 0.273 e. The summed E-state index contributed by atoms with van der Waals surface area (Å²) in [4.78, 5) is 15.9. The maximum absolute atomic E-state index is 11.9. The molecule has 0 aliphatic rings. The highest BCUT2D eigenvalue weighted by Crippen LogP contribution is 2.22. The highest BCUT2D eigenvalue weighted by molar-refractivity contribution is 5.92. The number of rotatable bonds is 5. The number of aromatic nitrogens is 3. The summed E-state index contributed by atoms with van der Waals surface area (Å²) in [5.74, 6) is 0.510. The first-order valence-electron chi connectivity index (χ1n) is 6.68. The first kappa shape index (κ1) is 14.3. The van der Waals surface area contributed by atoms with E-state index in [0.29, 0.717) is 18.0 Å². The van der Waals surface area contributed by atoms with E-state index in [1.807, 2.05) is 31.5 Å². The molecule has 0 saturated carbocycles. The number of hydrogen-bond donors (Lipinski definition) is 1. The van der Waals surface area contributed by atoms with Crippen LogP contribution in [0.3, 0.4) is 0 Å². The number of nitrogens with zero attached hydrogens (tertiary/aromatic N) is 3. The van der Waals surface area contributed by atoms with Gasteiger partial charge in [-0.05, 0) is 6.42 Å². The summed E-state index contributed by atoms with van der Waals surface area (Å²) in [6.45, 7) is 7.46. The van der Waals surface area contributed by atoms with Gasteiger partial charge in [0.15, 0.2) is 5.69 Å². The van der Waals surface area contributed by atoms with Gasteiger partial charge in [-0.25, -0.2) is 4.98 Å². The van der Waals surface area contributed by atoms with Gasteiger partial charge in [0.2, 0.25) is 0 Å². The second kappa shape index (κ2) is 5.90. The standard InChI is InChI=1S/C14H20N4O2.H2/c1-14(2,3)12-9-11(17-20-12)13(19)16-5-4-7-18-8-6-15-10-18;/h6,8-10H,4-5,7H2,1-3H3,(H,16,19);1H. The van der Waals surface area contributed by atoms with Gasteiger partial charge in [-0.3, -0.25) is 4.79 Å². The van der Waals surface area contributed by atoms with Gasteiger partial charge in [-0.1, -0.05) is 25.9 Å². The van der Waals surface area contributed by atoms with E-state index < -0.39 is 0 Å². The summed E-state index contributed by atoms with van der Waals surface area (Å²) < 4.78 is 7.16. The zero-order valence-corrected chi connectivity index (χ0v) is 12.1. The van der Waals surface area contributed by atoms with Crippen molar-refractivity contribution in [3.63, 3.8) is 0 Å². The number of hydrogen-bond acceptors (Lipinski definition) is 4. The van der Waals surface area contributed by atoms with E-state index in [4.69, 9.17) is 4.52 Å². The van der Waals surface area contributed by atoms with Crippen molar-refractivity contribution in [2.75, 3.05) is 6.54 Å². The molecule has 6 nitrogen and oxygen atoms in total. The van der Waals surface area contributed by atoms with Crippen LogP contribution in [-0.2, 0) is 12.0 Å². The van der Waals surface area contributed by atoms with Crippen LogP contribution in [-0.4, -0.2) is 27.2 Å². The van der Waals surface area contributed by atoms with E-state index in [9.17, 15) is 4.79 Å². The molecule has 2 heterocycles. The molecule has 20 heavy (non-hydrogen) atoms. The Labute approximate surface area is 119 Å². The lowest BCUT2D eigenvalue weighted by molar-refractivity contribution is 0.0943. The third-order valence-corrected chi connectivity index (χ3v) is 2.92. The molecule has 0 unspecified atom stereocenters. The van der Waals surface area contributed by atoms with E-state index in [1.54, 1.807) is 18.6 Å². The average molecular weight is 278 g/mol. The van der Waals surface area contributed by atoms with E-state index >= 15 is 0 Å². The number of carbonyl (C=O) groups is 1. The van der Waals surface area contributed by atoms with Crippen molar-refractivity contribution in [2.45, 2.75) is 39.2 Å². The summed E-state index contributed by atoms with van der Waals surface area (Å²) in [5.41, 5.74) is 0.185. The van der Waals surface area contributed by atoms with Gasteiger partial charge in [0.25, 0.3) is 5.91 Å². The summed E-state index contributed by atoms with van der Waals surface area (Å²) in [6, 6.07) is 1.70. The minimum absolute atomic E-state index is 0. The van der Waals surface area contributed by atoms with Crippen LogP contribution in [0.25, 0.3) is 0 Å². The van der Waals surface area contributed by atoms with E-state index in [1.165, 1.54) is 0 Å². The Morgan fingerprint density at radius 2 is 2.30 bits per heavy atom. The lowest BCUT2D eigenvalue weighted by Crippen LogP contribution is -2.25. The van der Waals surface area contributed by atoms with E-state index in [2.05, 4.69) is 15.5 Å². The maximum atomic E-state index is 11.9. The van der Waals surface area contributed by atoms with Crippen LogP contribution in [0.15, 0.2) is 29.3 Å². The number of nitrogens with one attached hydrogen (secondary N) is 1. The summed E-state index contributed by atoms with van der Waals surface area (Å²) in [7, 11) is 0. The lowest BCUT2D eigenvalue weighted by Gasteiger charge is -2.12. The molecular formula is C14H22N4O2. The minimum atomic E-state index is -0.199. The van der Waals surface area contributed by atoms with Crippen LogP contribution in [0.4, 0.5) is 0 Å². The van der Waals surface area contributed by atoms with Crippen molar-refractivity contribution >= 4 is 5.91 Å². The molecule has 0 fully saturated rings. The zero-order valence-electron chi connectivity index (χ0n) is 12.1. The molecule has 110 valence electrons. The fourth-order valence-electron chi connectivity index (χ4n) is 1.71. The van der Waals surface area contributed by atoms with Crippen molar-refractivity contribution < 1.29 is 10.7 Å². The second-order valence-corrected chi connectivity index (χ2v) is 5.74. The molecule has 0 radical (unpaired) electrons. The van der Waals surface area contributed by atoms with E-state index in [0.717, 1.165) is 13.0 Å². The first-order chi connectivity index (χ1) is 9.47. The zero-order chi connectivity index (χ0) is 14.6. The predicted octanol–water partition coefficient (Wildman–Crippen LogP) is 2.23. The first-order valence-corrected chi connectivity index (χ1v) is 6.68. The number of aryl methyl sites for hydroxylation is 1. The van der Waals surface area contributed by atoms with Gasteiger partial charge in [0.1, 0.15) is 5.76 Å². The summed E-state index contributed by atoms with van der Waals surface area (Å²) >= 11 is 0. The molecule has 2 aromatic rings. The Morgan fingerprint density at radius 1 is 1.50 bits per heavy atom. The largest absolute Gasteiger partial charge is 0.360 e. The molecular weight excluding hydrogens is 256 g/mol. The third kappa shape index (κ3) is 3.69. The van der Waals surface area contributed by atoms with Gasteiger partial charge < -0.3 is 14.4 Å². The normalized spacial score (nSPS) is 11.6. The summed E-state index contributed by atoms with van der Waals surface area (Å²) in [6.07, 6.45) is 6.23. The fraction of sp³-hybridized carbons (Fsp3) is 0.500. The molecule has 0 atom stereocenters. The van der Waals surface area contributed by atoms with Gasteiger partial charge >= 0.3 is 0 Å². The van der Waals surface area contributed by atoms with Crippen LogP contribution in [0.2, 0.25) is 0 Å². The van der Waals surface area contributed by atoms with Gasteiger partial charge in [0, 0.05) is 38.4 Å². The average Bonchev–Trinajstić information content (AvgIpc) is 3.04. The molecule has 2 rings (SSSR count). The number of amides is 1. The monoisotopic (exact) mass is 278 g/mol. The molecule has 0 aliphatic carbocycles. The van der Waals surface area contributed by atoms with Crippen molar-refractivity contribution in [3.8, 4) is 0 Å². The molecule has 0 bridgehead atoms. The summed E-state index contributed by atoms with van der Waals surface area (Å²) in [5, 5.41) is 6.64. The second-order valence-electron chi connectivity index (χ2n) is 5.74. The van der Waals surface area contributed by atoms with Gasteiger partial charge in [-0.15, -0.1) is 0 Å². The van der Waals surface area contributed by atoms with Crippen LogP contribution in [0.1, 0.15) is 44.9 Å². The number of carbonyl (C=O) groups excluding carboxylic acids is 1. The molecule has 1 N–H and O–H groups in total. The third-order valence-electron chi connectivity index (χ3n) is 2.92. The Balaban J connectivity index is 0.00000220. The molecule has 0 saturated heterocycles. The molecule has 6 heteroatoms. The number of imidazole rings is 1. The smallest absolute Gasteiger partial charge is 0.273 e. The molecule has 0 aliphatic heterocycles. The Morgan fingerprint density at radius 3 is 2.90 bits per heavy atom. The van der Waals surface area contributed by atoms with Crippen LogP contribution in [0.5, 0.6) is 0 Å². The van der Waals surface area contributed by atoms with Crippen LogP contribution < -0.4 is 5.32 Å². The van der Waals surface area contributed by atoms with Crippen molar-refractivity contribution in [1.29, 1.82) is 0 Å². The van der Waals surface area contributed by atoms with Crippen molar-refractivity contribution in [1.82, 2.24) is 20.0 Å². The molecule has 0 spiro atoms. The molecule has 2 aromatic heterocycles. The quantitative estimate of drug-likeness (QED) is 0.851. The fourth-order valence-corrected chi connectivity index (χ4v) is 1.71. The predicted molar refractivity (Wildman–Crippen MR) is 76.5 cm³/mol. The van der Waals surface area contributed by atoms with Gasteiger partial charge in [0.05, 0.1) is 6.33 Å². The molecule has 0 aromatic carbocycles. The molecule has 1 amide bonds. The van der Waals surface area contributed by atoms with Crippen LogP contribution in [0, 0.1) is 0 Å². The van der Waals surface area contributed by atoms with Crippen LogP contribution >= 0.6 is 0 Å². The Hall–Kier alpha value is -2.11. The Bertz CT molecular complexity index is 558. The SMILES string of the molecule is CC(C)(C)c1cc(C(=O)NCCCn2ccnc2)no1.[HH]. The van der Waals surface area contributed by atoms with Crippen molar-refractivity contribution in [2.24, 2.45) is 0 Å². The Kier molecular flexibility index (Phi) is 4.22. The lowest BCUT2D eigenvalue weighted by atomic mass is 9.93. The van der Waals surface area contributed by atoms with Gasteiger partial charge in [-0.2, -0.15) is 0 Å². The minimum Gasteiger partial charge on any atom is -0.360 e.